The normalized spacial score (nSPS) is 14.8. The van der Waals surface area contributed by atoms with Gasteiger partial charge in [0.1, 0.15) is 5.75 Å². The molecule has 0 atom stereocenters. The standard InChI is InChI=1S/C16H22ClNO2/c1-3-6-18(9-12-4-5-12)10-13-7-14(17)8-15(11(2)19)16(13)20/h7-8,12,20H,3-6,9-10H2,1-2H3. The van der Waals surface area contributed by atoms with Gasteiger partial charge in [0.25, 0.3) is 0 Å². The van der Waals surface area contributed by atoms with Crippen LogP contribution in [0.1, 0.15) is 49.0 Å². The smallest absolute Gasteiger partial charge is 0.163 e. The van der Waals surface area contributed by atoms with Crippen molar-refractivity contribution in [2.24, 2.45) is 5.92 Å². The first-order valence-corrected chi connectivity index (χ1v) is 7.63. The lowest BCUT2D eigenvalue weighted by atomic mass is 10.1. The van der Waals surface area contributed by atoms with Crippen LogP contribution in [0.3, 0.4) is 0 Å². The Hall–Kier alpha value is -1.06. The van der Waals surface area contributed by atoms with Crippen molar-refractivity contribution in [3.05, 3.63) is 28.3 Å². The van der Waals surface area contributed by atoms with Crippen molar-refractivity contribution in [3.63, 3.8) is 0 Å². The Bertz CT molecular complexity index is 497. The maximum absolute atomic E-state index is 11.5. The van der Waals surface area contributed by atoms with Gasteiger partial charge in [0.15, 0.2) is 5.78 Å². The third-order valence-corrected chi connectivity index (χ3v) is 3.90. The van der Waals surface area contributed by atoms with E-state index in [0.29, 0.717) is 17.1 Å². The molecule has 0 saturated heterocycles. The number of nitrogens with zero attached hydrogens (tertiary/aromatic N) is 1. The molecule has 0 radical (unpaired) electrons. The largest absolute Gasteiger partial charge is 0.507 e. The van der Waals surface area contributed by atoms with Gasteiger partial charge in [0, 0.05) is 23.7 Å². The van der Waals surface area contributed by atoms with Crippen molar-refractivity contribution in [1.82, 2.24) is 4.90 Å². The lowest BCUT2D eigenvalue weighted by Gasteiger charge is -2.22. The van der Waals surface area contributed by atoms with Crippen molar-refractivity contribution >= 4 is 17.4 Å². The van der Waals surface area contributed by atoms with Crippen molar-refractivity contribution in [3.8, 4) is 5.75 Å². The van der Waals surface area contributed by atoms with Crippen LogP contribution < -0.4 is 0 Å². The molecule has 0 unspecified atom stereocenters. The lowest BCUT2D eigenvalue weighted by Crippen LogP contribution is -2.26. The molecule has 0 bridgehead atoms. The summed E-state index contributed by atoms with van der Waals surface area (Å²) in [7, 11) is 0. The highest BCUT2D eigenvalue weighted by Gasteiger charge is 2.25. The van der Waals surface area contributed by atoms with E-state index in [1.807, 2.05) is 0 Å². The van der Waals surface area contributed by atoms with E-state index in [2.05, 4.69) is 11.8 Å². The monoisotopic (exact) mass is 295 g/mol. The second kappa shape index (κ2) is 6.59. The average molecular weight is 296 g/mol. The molecule has 1 saturated carbocycles. The quantitative estimate of drug-likeness (QED) is 0.776. The SMILES string of the molecule is CCCN(Cc1cc(Cl)cc(C(C)=O)c1O)CC1CC1. The zero-order valence-electron chi connectivity index (χ0n) is 12.2. The van der Waals surface area contributed by atoms with Gasteiger partial charge in [-0.25, -0.2) is 0 Å². The summed E-state index contributed by atoms with van der Waals surface area (Å²) in [6.45, 7) is 6.31. The number of Topliss-reactive ketones (excluding diaryl/α,β-unsaturated/α-hetero) is 1. The van der Waals surface area contributed by atoms with Gasteiger partial charge < -0.3 is 5.11 Å². The Kier molecular flexibility index (Phi) is 5.06. The van der Waals surface area contributed by atoms with Gasteiger partial charge >= 0.3 is 0 Å². The predicted octanol–water partition coefficient (Wildman–Crippen LogP) is 3.87. The summed E-state index contributed by atoms with van der Waals surface area (Å²) in [5, 5.41) is 10.7. The van der Waals surface area contributed by atoms with Crippen molar-refractivity contribution in [2.45, 2.75) is 39.7 Å². The van der Waals surface area contributed by atoms with Crippen LogP contribution in [0.15, 0.2) is 12.1 Å². The topological polar surface area (TPSA) is 40.5 Å². The van der Waals surface area contributed by atoms with Gasteiger partial charge in [-0.05, 0) is 50.8 Å². The molecular weight excluding hydrogens is 274 g/mol. The van der Waals surface area contributed by atoms with E-state index in [1.54, 1.807) is 6.07 Å². The number of phenols is 1. The fraction of sp³-hybridized carbons (Fsp3) is 0.562. The van der Waals surface area contributed by atoms with Crippen LogP contribution in [0.5, 0.6) is 5.75 Å². The molecule has 4 heteroatoms. The highest BCUT2D eigenvalue weighted by atomic mass is 35.5. The first-order valence-electron chi connectivity index (χ1n) is 7.26. The van der Waals surface area contributed by atoms with E-state index in [9.17, 15) is 9.90 Å². The highest BCUT2D eigenvalue weighted by molar-refractivity contribution is 6.31. The number of rotatable bonds is 7. The number of carbonyl (C=O) groups excluding carboxylic acids is 1. The number of aromatic hydroxyl groups is 1. The third kappa shape index (κ3) is 3.97. The maximum atomic E-state index is 11.5. The molecule has 1 aliphatic carbocycles. The van der Waals surface area contributed by atoms with Crippen molar-refractivity contribution < 1.29 is 9.90 Å². The molecule has 3 nitrogen and oxygen atoms in total. The second-order valence-electron chi connectivity index (χ2n) is 5.70. The van der Waals surface area contributed by atoms with Gasteiger partial charge in [-0.2, -0.15) is 0 Å². The van der Waals surface area contributed by atoms with Crippen LogP contribution in [0.2, 0.25) is 5.02 Å². The average Bonchev–Trinajstić information content (AvgIpc) is 3.17. The first kappa shape index (κ1) is 15.3. The zero-order valence-corrected chi connectivity index (χ0v) is 12.9. The number of hydrogen-bond donors (Lipinski definition) is 1. The van der Waals surface area contributed by atoms with E-state index in [1.165, 1.54) is 25.8 Å². The Morgan fingerprint density at radius 3 is 2.70 bits per heavy atom. The maximum Gasteiger partial charge on any atom is 0.163 e. The Morgan fingerprint density at radius 2 is 2.15 bits per heavy atom. The molecule has 1 aromatic carbocycles. The van der Waals surface area contributed by atoms with E-state index in [0.717, 1.165) is 31.0 Å². The summed E-state index contributed by atoms with van der Waals surface area (Å²) in [4.78, 5) is 13.9. The van der Waals surface area contributed by atoms with Crippen molar-refractivity contribution in [1.29, 1.82) is 0 Å². The minimum absolute atomic E-state index is 0.0822. The molecule has 0 heterocycles. The molecule has 1 fully saturated rings. The van der Waals surface area contributed by atoms with Crippen LogP contribution in [0.4, 0.5) is 0 Å². The molecule has 20 heavy (non-hydrogen) atoms. The number of benzene rings is 1. The molecule has 0 amide bonds. The molecule has 110 valence electrons. The van der Waals surface area contributed by atoms with E-state index in [4.69, 9.17) is 11.6 Å². The van der Waals surface area contributed by atoms with E-state index in [-0.39, 0.29) is 11.5 Å². The molecule has 1 aromatic rings. The number of hydrogen-bond acceptors (Lipinski definition) is 3. The summed E-state index contributed by atoms with van der Waals surface area (Å²) in [6.07, 6.45) is 3.69. The van der Waals surface area contributed by atoms with Gasteiger partial charge in [0.05, 0.1) is 5.56 Å². The van der Waals surface area contributed by atoms with Crippen LogP contribution in [-0.4, -0.2) is 28.9 Å². The first-order chi connectivity index (χ1) is 9.51. The molecule has 1 aliphatic rings. The zero-order chi connectivity index (χ0) is 14.7. The Morgan fingerprint density at radius 1 is 1.45 bits per heavy atom. The Labute approximate surface area is 125 Å². The lowest BCUT2D eigenvalue weighted by molar-refractivity contribution is 0.101. The second-order valence-corrected chi connectivity index (χ2v) is 6.13. The molecule has 0 aliphatic heterocycles. The van der Waals surface area contributed by atoms with Crippen LogP contribution in [0, 0.1) is 5.92 Å². The predicted molar refractivity (Wildman–Crippen MR) is 81.4 cm³/mol. The summed E-state index contributed by atoms with van der Waals surface area (Å²) in [6, 6.07) is 3.30. The van der Waals surface area contributed by atoms with Crippen LogP contribution in [0.25, 0.3) is 0 Å². The molecular formula is C16H22ClNO2. The fourth-order valence-corrected chi connectivity index (χ4v) is 2.74. The van der Waals surface area contributed by atoms with Gasteiger partial charge in [-0.1, -0.05) is 18.5 Å². The third-order valence-electron chi connectivity index (χ3n) is 3.68. The van der Waals surface area contributed by atoms with Gasteiger partial charge in [-0.15, -0.1) is 0 Å². The molecule has 0 spiro atoms. The number of carbonyl (C=O) groups is 1. The van der Waals surface area contributed by atoms with Crippen LogP contribution in [-0.2, 0) is 6.54 Å². The highest BCUT2D eigenvalue weighted by Crippen LogP contribution is 2.32. The van der Waals surface area contributed by atoms with Gasteiger partial charge in [-0.3, -0.25) is 9.69 Å². The number of ketones is 1. The summed E-state index contributed by atoms with van der Waals surface area (Å²) >= 11 is 6.06. The molecule has 1 N–H and O–H groups in total. The summed E-state index contributed by atoms with van der Waals surface area (Å²) < 4.78 is 0. The molecule has 0 aromatic heterocycles. The van der Waals surface area contributed by atoms with E-state index < -0.39 is 0 Å². The summed E-state index contributed by atoms with van der Waals surface area (Å²) in [5.74, 6) is 0.726. The number of halogens is 1. The van der Waals surface area contributed by atoms with Crippen LogP contribution >= 0.6 is 11.6 Å². The number of phenolic OH excluding ortho intramolecular Hbond substituents is 1. The van der Waals surface area contributed by atoms with E-state index >= 15 is 0 Å². The minimum Gasteiger partial charge on any atom is -0.507 e. The Balaban J connectivity index is 2.19. The fourth-order valence-electron chi connectivity index (χ4n) is 2.50. The minimum atomic E-state index is -0.157. The summed E-state index contributed by atoms with van der Waals surface area (Å²) in [5.41, 5.74) is 1.06. The van der Waals surface area contributed by atoms with Crippen molar-refractivity contribution in [2.75, 3.05) is 13.1 Å². The van der Waals surface area contributed by atoms with Gasteiger partial charge in [0.2, 0.25) is 0 Å². The molecule has 2 rings (SSSR count).